The maximum Gasteiger partial charge on any atom is 0.228 e. The number of rotatable bonds is 3. The van der Waals surface area contributed by atoms with E-state index in [0.717, 1.165) is 11.0 Å². The van der Waals surface area contributed by atoms with Gasteiger partial charge in [-0.2, -0.15) is 0 Å². The van der Waals surface area contributed by atoms with Crippen molar-refractivity contribution in [2.45, 2.75) is 6.92 Å². The first-order valence-corrected chi connectivity index (χ1v) is 3.78. The van der Waals surface area contributed by atoms with Crippen LogP contribution in [0.15, 0.2) is 12.2 Å². The number of nitrogens with zero attached hydrogens (tertiary/aromatic N) is 1. The molecule has 79 valence electrons. The van der Waals surface area contributed by atoms with Gasteiger partial charge in [0.15, 0.2) is 0 Å². The van der Waals surface area contributed by atoms with Crippen LogP contribution in [0.4, 0.5) is 0 Å². The smallest absolute Gasteiger partial charge is 0.228 e. The minimum atomic E-state index is 0. The predicted octanol–water partition coefficient (Wildman–Crippen LogP) is -2.64. The molecule has 0 aliphatic heterocycles. The number of hydrogen-bond donors (Lipinski definition) is 1. The maximum absolute atomic E-state index is 9.28. The van der Waals surface area contributed by atoms with Crippen LogP contribution in [0.25, 0.3) is 0 Å². The Balaban J connectivity index is -0.000000150. The van der Waals surface area contributed by atoms with E-state index >= 15 is 0 Å². The summed E-state index contributed by atoms with van der Waals surface area (Å²) in [5.74, 6) is 0. The van der Waals surface area contributed by atoms with Crippen LogP contribution in [-0.2, 0) is 4.79 Å². The Morgan fingerprint density at radius 3 is 1.77 bits per heavy atom. The molecular formula is C9H19ClNO2. The highest BCUT2D eigenvalue weighted by Gasteiger charge is 2.02. The number of hydrogen-bond acceptors (Lipinski definition) is 2. The van der Waals surface area contributed by atoms with Crippen LogP contribution in [0.5, 0.6) is 0 Å². The summed E-state index contributed by atoms with van der Waals surface area (Å²) >= 11 is 0. The molecule has 0 rings (SSSR count). The maximum atomic E-state index is 9.28. The zero-order valence-electron chi connectivity index (χ0n) is 8.80. The lowest BCUT2D eigenvalue weighted by atomic mass is 10.4. The molecule has 1 radical (unpaired) electrons. The number of aliphatic hydroxyl groups is 1. The molecule has 3 nitrogen and oxygen atoms in total. The summed E-state index contributed by atoms with van der Waals surface area (Å²) in [5, 5.41) is 8.39. The van der Waals surface area contributed by atoms with Gasteiger partial charge in [0.1, 0.15) is 6.54 Å². The van der Waals surface area contributed by atoms with E-state index in [1.807, 2.05) is 0 Å². The third-order valence-corrected chi connectivity index (χ3v) is 0.945. The number of quaternary nitrogens is 1. The monoisotopic (exact) mass is 208 g/mol. The number of allylic oxidation sites excluding steroid dienone is 1. The van der Waals surface area contributed by atoms with E-state index in [-0.39, 0.29) is 19.0 Å². The van der Waals surface area contributed by atoms with Crippen molar-refractivity contribution < 1.29 is 26.8 Å². The summed E-state index contributed by atoms with van der Waals surface area (Å²) in [6, 6.07) is 0. The SMILES string of the molecule is C=C(C)[C]=O.C[N+](C)(C)CCO.[Cl-]. The Morgan fingerprint density at radius 1 is 1.46 bits per heavy atom. The summed E-state index contributed by atoms with van der Waals surface area (Å²) in [5.41, 5.74) is 0.449. The van der Waals surface area contributed by atoms with Crippen molar-refractivity contribution in [1.82, 2.24) is 0 Å². The molecule has 0 aromatic carbocycles. The minimum absolute atomic E-state index is 0. The van der Waals surface area contributed by atoms with E-state index in [1.165, 1.54) is 0 Å². The first kappa shape index (κ1) is 18.4. The second-order valence-electron chi connectivity index (χ2n) is 3.62. The Bertz CT molecular complexity index is 141. The van der Waals surface area contributed by atoms with Gasteiger partial charge in [-0.25, -0.2) is 0 Å². The Morgan fingerprint density at radius 2 is 1.77 bits per heavy atom. The molecule has 0 heterocycles. The summed E-state index contributed by atoms with van der Waals surface area (Å²) in [6.45, 7) is 5.97. The summed E-state index contributed by atoms with van der Waals surface area (Å²) in [4.78, 5) is 9.28. The highest BCUT2D eigenvalue weighted by atomic mass is 35.5. The molecule has 0 saturated carbocycles. The van der Waals surface area contributed by atoms with E-state index in [9.17, 15) is 4.79 Å². The van der Waals surface area contributed by atoms with E-state index in [1.54, 1.807) is 13.2 Å². The first-order valence-electron chi connectivity index (χ1n) is 3.78. The zero-order valence-corrected chi connectivity index (χ0v) is 9.56. The molecule has 0 amide bonds. The van der Waals surface area contributed by atoms with Crippen molar-refractivity contribution in [3.05, 3.63) is 12.2 Å². The van der Waals surface area contributed by atoms with Gasteiger partial charge in [0.25, 0.3) is 0 Å². The van der Waals surface area contributed by atoms with Gasteiger partial charge in [-0.3, -0.25) is 4.79 Å². The number of aliphatic hydroxyl groups excluding tert-OH is 1. The molecule has 1 N–H and O–H groups in total. The molecular weight excluding hydrogens is 190 g/mol. The van der Waals surface area contributed by atoms with Crippen LogP contribution in [0.3, 0.4) is 0 Å². The third-order valence-electron chi connectivity index (χ3n) is 0.945. The van der Waals surface area contributed by atoms with Gasteiger partial charge in [-0.1, -0.05) is 6.58 Å². The van der Waals surface area contributed by atoms with Crippen molar-refractivity contribution in [3.63, 3.8) is 0 Å². The van der Waals surface area contributed by atoms with Crippen molar-refractivity contribution in [1.29, 1.82) is 0 Å². The van der Waals surface area contributed by atoms with Gasteiger partial charge in [-0.15, -0.1) is 0 Å². The zero-order chi connectivity index (χ0) is 10.2. The normalized spacial score (nSPS) is 9.00. The molecule has 0 aromatic rings. The van der Waals surface area contributed by atoms with E-state index in [4.69, 9.17) is 5.11 Å². The molecule has 0 bridgehead atoms. The summed E-state index contributed by atoms with van der Waals surface area (Å²) < 4.78 is 0.844. The molecule has 4 heteroatoms. The van der Waals surface area contributed by atoms with Crippen LogP contribution in [-0.4, -0.2) is 50.2 Å². The molecule has 0 aliphatic rings. The van der Waals surface area contributed by atoms with Gasteiger partial charge in [0.05, 0.1) is 27.7 Å². The van der Waals surface area contributed by atoms with E-state index < -0.39 is 0 Å². The topological polar surface area (TPSA) is 37.3 Å². The molecule has 0 saturated heterocycles. The summed E-state index contributed by atoms with van der Waals surface area (Å²) in [6.07, 6.45) is 1.58. The quantitative estimate of drug-likeness (QED) is 0.407. The van der Waals surface area contributed by atoms with E-state index in [0.29, 0.717) is 5.57 Å². The molecule has 13 heavy (non-hydrogen) atoms. The van der Waals surface area contributed by atoms with Gasteiger partial charge >= 0.3 is 0 Å². The van der Waals surface area contributed by atoms with Crippen LogP contribution < -0.4 is 12.4 Å². The highest BCUT2D eigenvalue weighted by molar-refractivity contribution is 5.71. The lowest BCUT2D eigenvalue weighted by Crippen LogP contribution is -3.00. The number of carbonyl (C=O) groups excluding carboxylic acids is 1. The second-order valence-corrected chi connectivity index (χ2v) is 3.62. The molecule has 0 spiro atoms. The molecule has 0 unspecified atom stereocenters. The Hall–Kier alpha value is -0.380. The molecule has 0 aliphatic carbocycles. The predicted molar refractivity (Wildman–Crippen MR) is 50.5 cm³/mol. The van der Waals surface area contributed by atoms with Gasteiger partial charge in [0, 0.05) is 0 Å². The van der Waals surface area contributed by atoms with Crippen molar-refractivity contribution in [2.24, 2.45) is 0 Å². The number of likely N-dealkylation sites (N-methyl/N-ethyl adjacent to an activating group) is 1. The highest BCUT2D eigenvalue weighted by Crippen LogP contribution is 1.84. The van der Waals surface area contributed by atoms with Crippen LogP contribution in [0.2, 0.25) is 0 Å². The van der Waals surface area contributed by atoms with Gasteiger partial charge < -0.3 is 22.0 Å². The Labute approximate surface area is 87.1 Å². The van der Waals surface area contributed by atoms with Crippen LogP contribution >= 0.6 is 0 Å². The summed E-state index contributed by atoms with van der Waals surface area (Å²) in [7, 11) is 6.16. The first-order chi connectivity index (χ1) is 5.33. The fourth-order valence-electron chi connectivity index (χ4n) is 0.300. The van der Waals surface area contributed by atoms with Crippen molar-refractivity contribution >= 4 is 6.29 Å². The van der Waals surface area contributed by atoms with Crippen LogP contribution in [0.1, 0.15) is 6.92 Å². The second kappa shape index (κ2) is 9.71. The van der Waals surface area contributed by atoms with Crippen molar-refractivity contribution in [2.75, 3.05) is 34.3 Å². The molecule has 0 aromatic heterocycles. The van der Waals surface area contributed by atoms with Gasteiger partial charge in [-0.05, 0) is 12.5 Å². The standard InChI is InChI=1S/C5H14NO.C4H5O.ClH/c1-6(2,3)4-5-7;1-4(2)3-5;/h7H,4-5H2,1-3H3;1H2,2H3;1H/q+1;;/p-1. The fraction of sp³-hybridized carbons (Fsp3) is 0.667. The van der Waals surface area contributed by atoms with E-state index in [2.05, 4.69) is 27.7 Å². The number of halogens is 1. The third kappa shape index (κ3) is 34.0. The average molecular weight is 209 g/mol. The van der Waals surface area contributed by atoms with Gasteiger partial charge in [0.2, 0.25) is 6.29 Å². The van der Waals surface area contributed by atoms with Crippen LogP contribution in [0, 0.1) is 0 Å². The minimum Gasteiger partial charge on any atom is -1.00 e. The van der Waals surface area contributed by atoms with Crippen molar-refractivity contribution in [3.8, 4) is 0 Å². The lowest BCUT2D eigenvalue weighted by molar-refractivity contribution is -0.870. The largest absolute Gasteiger partial charge is 1.00 e. The lowest BCUT2D eigenvalue weighted by Gasteiger charge is -2.21. The Kier molecular flexibility index (Phi) is 13.7. The fourth-order valence-corrected chi connectivity index (χ4v) is 0.300. The molecule has 0 atom stereocenters. The molecule has 0 fully saturated rings. The average Bonchev–Trinajstić information content (AvgIpc) is 1.86.